The number of hydrogen-bond acceptors (Lipinski definition) is 3. The highest BCUT2D eigenvalue weighted by Crippen LogP contribution is 2.45. The van der Waals surface area contributed by atoms with Gasteiger partial charge in [-0.2, -0.15) is 5.10 Å². The Morgan fingerprint density at radius 3 is 2.63 bits per heavy atom. The van der Waals surface area contributed by atoms with Gasteiger partial charge < -0.3 is 4.90 Å². The van der Waals surface area contributed by atoms with Gasteiger partial charge >= 0.3 is 0 Å². The number of amides is 1. The molecule has 4 nitrogen and oxygen atoms in total. The van der Waals surface area contributed by atoms with Gasteiger partial charge in [-0.3, -0.25) is 4.79 Å². The summed E-state index contributed by atoms with van der Waals surface area (Å²) in [5.41, 5.74) is 6.08. The molecular weight excluding hydrogens is 441 g/mol. The summed E-state index contributed by atoms with van der Waals surface area (Å²) in [7, 11) is 0. The van der Waals surface area contributed by atoms with Crippen LogP contribution in [0.5, 0.6) is 0 Å². The highest BCUT2D eigenvalue weighted by molar-refractivity contribution is 6.36. The molecule has 0 fully saturated rings. The van der Waals surface area contributed by atoms with Crippen LogP contribution in [0.15, 0.2) is 35.4 Å². The number of nitrogens with one attached hydrogen (secondary N) is 1. The first-order valence-electron chi connectivity index (χ1n) is 10.0. The van der Waals surface area contributed by atoms with Crippen LogP contribution in [0.4, 0.5) is 5.69 Å². The van der Waals surface area contributed by atoms with Crippen LogP contribution in [0.25, 0.3) is 0 Å². The second-order valence-corrected chi connectivity index (χ2v) is 9.58. The van der Waals surface area contributed by atoms with Crippen molar-refractivity contribution >= 4 is 52.6 Å². The molecule has 2 aromatic carbocycles. The minimum atomic E-state index is -0.411. The highest BCUT2D eigenvalue weighted by atomic mass is 35.5. The van der Waals surface area contributed by atoms with Crippen molar-refractivity contribution in [3.05, 3.63) is 62.1 Å². The summed E-state index contributed by atoms with van der Waals surface area (Å²) in [4.78, 5) is 14.8. The topological polar surface area (TPSA) is 44.7 Å². The Balaban J connectivity index is 1.84. The predicted molar refractivity (Wildman–Crippen MR) is 128 cm³/mol. The maximum absolute atomic E-state index is 12.3. The average molecular weight is 467 g/mol. The Morgan fingerprint density at radius 1 is 1.23 bits per heavy atom. The molecule has 1 aliphatic rings. The van der Waals surface area contributed by atoms with Crippen LogP contribution in [-0.4, -0.2) is 24.2 Å². The van der Waals surface area contributed by atoms with Crippen LogP contribution in [0.2, 0.25) is 15.1 Å². The number of benzene rings is 2. The van der Waals surface area contributed by atoms with Gasteiger partial charge in [-0.1, -0.05) is 48.7 Å². The minimum Gasteiger partial charge on any atom is -0.366 e. The number of carbonyl (C=O) groups excluding carboxylic acids is 1. The van der Waals surface area contributed by atoms with Gasteiger partial charge in [0.25, 0.3) is 5.91 Å². The van der Waals surface area contributed by atoms with Crippen molar-refractivity contribution in [1.82, 2.24) is 5.43 Å². The van der Waals surface area contributed by atoms with Crippen LogP contribution in [0.1, 0.15) is 67.9 Å². The van der Waals surface area contributed by atoms with Gasteiger partial charge in [0.2, 0.25) is 0 Å². The molecule has 1 atom stereocenters. The molecule has 0 radical (unpaired) electrons. The maximum atomic E-state index is 12.3. The largest absolute Gasteiger partial charge is 0.366 e. The fraction of sp³-hybridized carbons (Fsp3) is 0.391. The van der Waals surface area contributed by atoms with E-state index in [-0.39, 0.29) is 10.6 Å². The van der Waals surface area contributed by atoms with Gasteiger partial charge in [-0.25, -0.2) is 5.43 Å². The van der Waals surface area contributed by atoms with Gasteiger partial charge in [0, 0.05) is 28.4 Å². The summed E-state index contributed by atoms with van der Waals surface area (Å²) in [6.07, 6.45) is 3.70. The van der Waals surface area contributed by atoms with E-state index in [4.69, 9.17) is 34.8 Å². The second-order valence-electron chi connectivity index (χ2n) is 8.33. The van der Waals surface area contributed by atoms with Crippen molar-refractivity contribution in [3.63, 3.8) is 0 Å². The van der Waals surface area contributed by atoms with Gasteiger partial charge in [-0.05, 0) is 68.5 Å². The molecule has 0 aromatic heterocycles. The van der Waals surface area contributed by atoms with Gasteiger partial charge in [0.15, 0.2) is 0 Å². The second kappa shape index (κ2) is 9.17. The zero-order valence-electron chi connectivity index (χ0n) is 17.6. The van der Waals surface area contributed by atoms with E-state index in [1.165, 1.54) is 17.3 Å². The molecule has 7 heteroatoms. The summed E-state index contributed by atoms with van der Waals surface area (Å²) in [5, 5.41) is 5.43. The quantitative estimate of drug-likeness (QED) is 0.384. The third kappa shape index (κ3) is 4.77. The fourth-order valence-corrected chi connectivity index (χ4v) is 4.86. The highest BCUT2D eigenvalue weighted by Gasteiger charge is 2.36. The van der Waals surface area contributed by atoms with E-state index >= 15 is 0 Å². The maximum Gasteiger partial charge on any atom is 0.272 e. The van der Waals surface area contributed by atoms with Crippen LogP contribution >= 0.6 is 34.8 Å². The third-order valence-corrected chi connectivity index (χ3v) is 6.37. The van der Waals surface area contributed by atoms with E-state index in [2.05, 4.69) is 49.2 Å². The molecule has 0 bridgehead atoms. The Bertz CT molecular complexity index is 988. The number of anilines is 1. The van der Waals surface area contributed by atoms with Crippen molar-refractivity contribution in [2.24, 2.45) is 5.10 Å². The minimum absolute atomic E-state index is 0.0766. The van der Waals surface area contributed by atoms with Crippen LogP contribution < -0.4 is 10.3 Å². The van der Waals surface area contributed by atoms with Crippen molar-refractivity contribution in [1.29, 1.82) is 0 Å². The van der Waals surface area contributed by atoms with Crippen LogP contribution in [0.3, 0.4) is 0 Å². The summed E-state index contributed by atoms with van der Waals surface area (Å²) in [6, 6.07) is 8.78. The number of halogens is 3. The van der Waals surface area contributed by atoms with Crippen molar-refractivity contribution in [2.45, 2.75) is 52.0 Å². The first kappa shape index (κ1) is 22.9. The first-order valence-corrected chi connectivity index (χ1v) is 11.2. The lowest BCUT2D eigenvalue weighted by atomic mass is 9.79. The monoisotopic (exact) mass is 465 g/mol. The lowest BCUT2D eigenvalue weighted by Crippen LogP contribution is -2.48. The average Bonchev–Trinajstić information content (AvgIpc) is 2.65. The van der Waals surface area contributed by atoms with E-state index < -0.39 is 5.91 Å². The summed E-state index contributed by atoms with van der Waals surface area (Å²) in [6.45, 7) is 9.97. The van der Waals surface area contributed by atoms with Gasteiger partial charge in [0.1, 0.15) is 0 Å². The standard InChI is InChI=1S/C23H26Cl3N3O/c1-5-8-29-21-11-19(25)15(9-18(21)14(2)12-23(29,3)4)13-27-28-22(30)17-7-6-16(24)10-20(17)26/h6-7,9-11,13-14H,5,8,12H2,1-4H3,(H,28,30)/b27-13-. The van der Waals surface area contributed by atoms with E-state index in [9.17, 15) is 4.79 Å². The van der Waals surface area contributed by atoms with Crippen molar-refractivity contribution in [2.75, 3.05) is 11.4 Å². The van der Waals surface area contributed by atoms with E-state index in [1.54, 1.807) is 18.3 Å². The zero-order chi connectivity index (χ0) is 22.1. The summed E-state index contributed by atoms with van der Waals surface area (Å²) in [5.74, 6) is -0.0128. The van der Waals surface area contributed by atoms with Gasteiger partial charge in [0.05, 0.1) is 21.8 Å². The fourth-order valence-electron chi connectivity index (χ4n) is 4.16. The molecular formula is C23H26Cl3N3O. The zero-order valence-corrected chi connectivity index (χ0v) is 19.9. The summed E-state index contributed by atoms with van der Waals surface area (Å²) >= 11 is 18.5. The van der Waals surface area contributed by atoms with Gasteiger partial charge in [-0.15, -0.1) is 0 Å². The Hall–Kier alpha value is -1.75. The Labute approximate surface area is 193 Å². The molecule has 1 aliphatic heterocycles. The number of hydrazone groups is 1. The molecule has 1 N–H and O–H groups in total. The Morgan fingerprint density at radius 2 is 1.97 bits per heavy atom. The molecule has 0 saturated carbocycles. The molecule has 30 heavy (non-hydrogen) atoms. The molecule has 0 aliphatic carbocycles. The molecule has 0 spiro atoms. The van der Waals surface area contributed by atoms with E-state index in [0.717, 1.165) is 24.9 Å². The number of carbonyl (C=O) groups is 1. The SMILES string of the molecule is CCCN1c2cc(Cl)c(/C=N\NC(=O)c3ccc(Cl)cc3Cl)cc2C(C)CC1(C)C. The summed E-state index contributed by atoms with van der Waals surface area (Å²) < 4.78 is 0. The molecule has 1 heterocycles. The predicted octanol–water partition coefficient (Wildman–Crippen LogP) is 6.91. The van der Waals surface area contributed by atoms with Crippen LogP contribution in [-0.2, 0) is 0 Å². The van der Waals surface area contributed by atoms with Crippen molar-refractivity contribution < 1.29 is 4.79 Å². The third-order valence-electron chi connectivity index (χ3n) is 5.50. The molecule has 2 aromatic rings. The number of rotatable bonds is 5. The number of fused-ring (bicyclic) bond motifs is 1. The smallest absolute Gasteiger partial charge is 0.272 e. The molecule has 160 valence electrons. The Kier molecular flexibility index (Phi) is 7.01. The number of nitrogens with zero attached hydrogens (tertiary/aromatic N) is 2. The molecule has 3 rings (SSSR count). The molecule has 0 saturated heterocycles. The first-order chi connectivity index (χ1) is 14.1. The van der Waals surface area contributed by atoms with Crippen LogP contribution in [0, 0.1) is 0 Å². The normalized spacial score (nSPS) is 17.8. The van der Waals surface area contributed by atoms with E-state index in [0.29, 0.717) is 21.5 Å². The van der Waals surface area contributed by atoms with E-state index in [1.807, 2.05) is 6.07 Å². The number of hydrogen-bond donors (Lipinski definition) is 1. The lowest BCUT2D eigenvalue weighted by Gasteiger charge is -2.47. The van der Waals surface area contributed by atoms with Crippen molar-refractivity contribution in [3.8, 4) is 0 Å². The molecule has 1 unspecified atom stereocenters. The molecule has 1 amide bonds. The lowest BCUT2D eigenvalue weighted by molar-refractivity contribution is 0.0955.